The zero-order valence-corrected chi connectivity index (χ0v) is 10.4. The van der Waals surface area contributed by atoms with E-state index in [4.69, 9.17) is 9.84 Å². The SMILES string of the molecule is CC1CCCC(COc2cc(CO)ccn2)C1. The molecule has 3 heteroatoms. The van der Waals surface area contributed by atoms with Gasteiger partial charge in [-0.3, -0.25) is 0 Å². The van der Waals surface area contributed by atoms with Gasteiger partial charge >= 0.3 is 0 Å². The minimum Gasteiger partial charge on any atom is -0.477 e. The molecule has 2 atom stereocenters. The molecule has 0 bridgehead atoms. The zero-order chi connectivity index (χ0) is 12.1. The molecule has 1 aromatic heterocycles. The smallest absolute Gasteiger partial charge is 0.213 e. The van der Waals surface area contributed by atoms with Crippen LogP contribution in [0, 0.1) is 11.8 Å². The predicted molar refractivity (Wildman–Crippen MR) is 66.8 cm³/mol. The predicted octanol–water partition coefficient (Wildman–Crippen LogP) is 2.78. The lowest BCUT2D eigenvalue weighted by Gasteiger charge is -2.26. The van der Waals surface area contributed by atoms with E-state index in [2.05, 4.69) is 11.9 Å². The molecule has 1 aliphatic rings. The molecule has 0 amide bonds. The van der Waals surface area contributed by atoms with E-state index in [0.717, 1.165) is 18.1 Å². The van der Waals surface area contributed by atoms with Crippen LogP contribution in [-0.2, 0) is 6.61 Å². The number of rotatable bonds is 4. The number of ether oxygens (including phenoxy) is 1. The van der Waals surface area contributed by atoms with Crippen LogP contribution in [0.1, 0.15) is 38.2 Å². The Bertz CT molecular complexity index is 354. The Kier molecular flexibility index (Phi) is 4.37. The Morgan fingerprint density at radius 2 is 2.35 bits per heavy atom. The van der Waals surface area contributed by atoms with Gasteiger partial charge < -0.3 is 9.84 Å². The molecule has 17 heavy (non-hydrogen) atoms. The second-order valence-corrected chi connectivity index (χ2v) is 5.11. The van der Waals surface area contributed by atoms with Crippen LogP contribution in [0.5, 0.6) is 5.88 Å². The van der Waals surface area contributed by atoms with Crippen molar-refractivity contribution in [3.8, 4) is 5.88 Å². The molecule has 1 N–H and O–H groups in total. The minimum absolute atomic E-state index is 0.0410. The maximum absolute atomic E-state index is 9.03. The molecule has 1 saturated carbocycles. The monoisotopic (exact) mass is 235 g/mol. The molecule has 2 rings (SSSR count). The summed E-state index contributed by atoms with van der Waals surface area (Å²) in [6, 6.07) is 3.61. The summed E-state index contributed by atoms with van der Waals surface area (Å²) in [5.74, 6) is 2.13. The normalized spacial score (nSPS) is 24.6. The first-order chi connectivity index (χ1) is 8.28. The fraction of sp³-hybridized carbons (Fsp3) is 0.643. The molecule has 1 heterocycles. The minimum atomic E-state index is 0.0410. The first kappa shape index (κ1) is 12.4. The van der Waals surface area contributed by atoms with Gasteiger partial charge in [0, 0.05) is 12.3 Å². The Labute approximate surface area is 103 Å². The summed E-state index contributed by atoms with van der Waals surface area (Å²) < 4.78 is 5.71. The number of hydrogen-bond donors (Lipinski definition) is 1. The van der Waals surface area contributed by atoms with Gasteiger partial charge in [-0.05, 0) is 36.3 Å². The fourth-order valence-corrected chi connectivity index (χ4v) is 2.54. The van der Waals surface area contributed by atoms with Gasteiger partial charge in [-0.2, -0.15) is 0 Å². The van der Waals surface area contributed by atoms with Crippen LogP contribution in [0.2, 0.25) is 0 Å². The third kappa shape index (κ3) is 3.70. The van der Waals surface area contributed by atoms with Gasteiger partial charge in [-0.1, -0.05) is 19.8 Å². The van der Waals surface area contributed by atoms with Gasteiger partial charge in [0.25, 0.3) is 0 Å². The number of aromatic nitrogens is 1. The van der Waals surface area contributed by atoms with Crippen molar-refractivity contribution in [1.29, 1.82) is 0 Å². The Morgan fingerprint density at radius 1 is 1.47 bits per heavy atom. The van der Waals surface area contributed by atoms with E-state index in [-0.39, 0.29) is 6.61 Å². The molecule has 0 saturated heterocycles. The molecule has 0 spiro atoms. The molecule has 0 aromatic carbocycles. The molecule has 1 fully saturated rings. The van der Waals surface area contributed by atoms with Crippen molar-refractivity contribution in [3.63, 3.8) is 0 Å². The lowest BCUT2D eigenvalue weighted by Crippen LogP contribution is -2.19. The highest BCUT2D eigenvalue weighted by atomic mass is 16.5. The fourth-order valence-electron chi connectivity index (χ4n) is 2.54. The topological polar surface area (TPSA) is 42.4 Å². The summed E-state index contributed by atoms with van der Waals surface area (Å²) in [7, 11) is 0. The standard InChI is InChI=1S/C14H21NO2/c1-11-3-2-4-13(7-11)10-17-14-8-12(9-16)5-6-15-14/h5-6,8,11,13,16H,2-4,7,9-10H2,1H3. The average Bonchev–Trinajstić information content (AvgIpc) is 2.37. The largest absolute Gasteiger partial charge is 0.477 e. The van der Waals surface area contributed by atoms with Crippen LogP contribution >= 0.6 is 0 Å². The molecule has 0 aliphatic heterocycles. The summed E-state index contributed by atoms with van der Waals surface area (Å²) in [4.78, 5) is 4.16. The van der Waals surface area contributed by atoms with Crippen LogP contribution in [0.4, 0.5) is 0 Å². The molecule has 3 nitrogen and oxygen atoms in total. The van der Waals surface area contributed by atoms with Crippen LogP contribution < -0.4 is 4.74 Å². The highest BCUT2D eigenvalue weighted by Crippen LogP contribution is 2.28. The Morgan fingerprint density at radius 3 is 3.12 bits per heavy atom. The molecular weight excluding hydrogens is 214 g/mol. The summed E-state index contributed by atoms with van der Waals surface area (Å²) >= 11 is 0. The van der Waals surface area contributed by atoms with Crippen LogP contribution in [0.15, 0.2) is 18.3 Å². The second kappa shape index (κ2) is 6.01. The molecule has 1 aromatic rings. The van der Waals surface area contributed by atoms with E-state index in [9.17, 15) is 0 Å². The van der Waals surface area contributed by atoms with Gasteiger partial charge in [-0.15, -0.1) is 0 Å². The Balaban J connectivity index is 1.84. The van der Waals surface area contributed by atoms with E-state index < -0.39 is 0 Å². The van der Waals surface area contributed by atoms with Gasteiger partial charge in [0.2, 0.25) is 5.88 Å². The average molecular weight is 235 g/mol. The van der Waals surface area contributed by atoms with Crippen molar-refractivity contribution in [2.24, 2.45) is 11.8 Å². The first-order valence-electron chi connectivity index (χ1n) is 6.46. The third-order valence-corrected chi connectivity index (χ3v) is 3.49. The van der Waals surface area contributed by atoms with E-state index in [0.29, 0.717) is 11.8 Å². The summed E-state index contributed by atoms with van der Waals surface area (Å²) in [6.45, 7) is 3.11. The first-order valence-corrected chi connectivity index (χ1v) is 6.46. The van der Waals surface area contributed by atoms with Crippen LogP contribution in [0.25, 0.3) is 0 Å². The van der Waals surface area contributed by atoms with Crippen molar-refractivity contribution in [2.75, 3.05) is 6.61 Å². The lowest BCUT2D eigenvalue weighted by molar-refractivity contribution is 0.177. The van der Waals surface area contributed by atoms with Crippen molar-refractivity contribution in [3.05, 3.63) is 23.9 Å². The number of aliphatic hydroxyl groups is 1. The number of hydrogen-bond acceptors (Lipinski definition) is 3. The summed E-state index contributed by atoms with van der Waals surface area (Å²) in [6.07, 6.45) is 6.89. The molecule has 2 unspecified atom stereocenters. The van der Waals surface area contributed by atoms with Gasteiger partial charge in [0.1, 0.15) is 0 Å². The third-order valence-electron chi connectivity index (χ3n) is 3.49. The van der Waals surface area contributed by atoms with Gasteiger partial charge in [0.15, 0.2) is 0 Å². The van der Waals surface area contributed by atoms with Crippen LogP contribution in [-0.4, -0.2) is 16.7 Å². The van der Waals surface area contributed by atoms with Gasteiger partial charge in [0.05, 0.1) is 13.2 Å². The van der Waals surface area contributed by atoms with E-state index in [1.807, 2.05) is 6.07 Å². The number of nitrogens with zero attached hydrogens (tertiary/aromatic N) is 1. The number of aliphatic hydroxyl groups excluding tert-OH is 1. The number of pyridine rings is 1. The lowest BCUT2D eigenvalue weighted by atomic mass is 9.83. The maximum atomic E-state index is 9.03. The van der Waals surface area contributed by atoms with Gasteiger partial charge in [-0.25, -0.2) is 4.98 Å². The van der Waals surface area contributed by atoms with Crippen molar-refractivity contribution in [2.45, 2.75) is 39.2 Å². The highest BCUT2D eigenvalue weighted by molar-refractivity contribution is 5.19. The maximum Gasteiger partial charge on any atom is 0.213 e. The quantitative estimate of drug-likeness (QED) is 0.872. The van der Waals surface area contributed by atoms with Crippen molar-refractivity contribution < 1.29 is 9.84 Å². The van der Waals surface area contributed by atoms with Crippen molar-refractivity contribution >= 4 is 0 Å². The van der Waals surface area contributed by atoms with E-state index in [1.165, 1.54) is 25.7 Å². The molecule has 1 aliphatic carbocycles. The second-order valence-electron chi connectivity index (χ2n) is 5.11. The highest BCUT2D eigenvalue weighted by Gasteiger charge is 2.19. The zero-order valence-electron chi connectivity index (χ0n) is 10.4. The van der Waals surface area contributed by atoms with Crippen LogP contribution in [0.3, 0.4) is 0 Å². The Hall–Kier alpha value is -1.09. The molecule has 0 radical (unpaired) electrons. The summed E-state index contributed by atoms with van der Waals surface area (Å²) in [5, 5.41) is 9.03. The molecular formula is C14H21NO2. The van der Waals surface area contributed by atoms with E-state index >= 15 is 0 Å². The van der Waals surface area contributed by atoms with E-state index in [1.54, 1.807) is 12.3 Å². The molecule has 94 valence electrons. The summed E-state index contributed by atoms with van der Waals surface area (Å²) in [5.41, 5.74) is 0.854. The van der Waals surface area contributed by atoms with Crippen molar-refractivity contribution in [1.82, 2.24) is 4.98 Å².